The van der Waals surface area contributed by atoms with E-state index in [1.807, 2.05) is 0 Å². The molecule has 8 nitrogen and oxygen atoms in total. The van der Waals surface area contributed by atoms with Crippen LogP contribution in [0, 0.1) is 5.92 Å². The van der Waals surface area contributed by atoms with E-state index in [9.17, 15) is 14.4 Å². The number of primary amides is 1. The summed E-state index contributed by atoms with van der Waals surface area (Å²) in [6.07, 6.45) is 3.07. The van der Waals surface area contributed by atoms with Crippen LogP contribution >= 0.6 is 0 Å². The molecule has 0 saturated carbocycles. The molecule has 0 spiro atoms. The van der Waals surface area contributed by atoms with E-state index < -0.39 is 6.03 Å². The predicted octanol–water partition coefficient (Wildman–Crippen LogP) is -0.0837. The molecular formula is C14H20N4O4. The molecule has 1 aromatic rings. The highest BCUT2D eigenvalue weighted by atomic mass is 16.3. The van der Waals surface area contributed by atoms with E-state index in [4.69, 9.17) is 10.2 Å². The molecule has 4 amide bonds. The van der Waals surface area contributed by atoms with Crippen LogP contribution in [0.4, 0.5) is 4.79 Å². The van der Waals surface area contributed by atoms with Crippen molar-refractivity contribution in [2.75, 3.05) is 26.2 Å². The van der Waals surface area contributed by atoms with Gasteiger partial charge in [0.25, 0.3) is 5.91 Å². The molecule has 22 heavy (non-hydrogen) atoms. The Balaban J connectivity index is 1.67. The lowest BCUT2D eigenvalue weighted by molar-refractivity contribution is -0.131. The lowest BCUT2D eigenvalue weighted by Crippen LogP contribution is -2.46. The van der Waals surface area contributed by atoms with E-state index in [2.05, 4.69) is 10.6 Å². The molecular weight excluding hydrogens is 288 g/mol. The molecule has 0 aliphatic carbocycles. The van der Waals surface area contributed by atoms with Crippen LogP contribution in [0.5, 0.6) is 0 Å². The Morgan fingerprint density at radius 3 is 2.59 bits per heavy atom. The number of rotatable bonds is 5. The number of nitrogens with one attached hydrogen (secondary N) is 2. The molecule has 1 aliphatic heterocycles. The summed E-state index contributed by atoms with van der Waals surface area (Å²) in [5, 5.41) is 5.12. The molecule has 1 aliphatic rings. The molecule has 2 rings (SSSR count). The Hall–Kier alpha value is -2.51. The number of urea groups is 1. The fourth-order valence-electron chi connectivity index (χ4n) is 2.39. The zero-order valence-corrected chi connectivity index (χ0v) is 12.2. The number of furan rings is 1. The van der Waals surface area contributed by atoms with E-state index in [0.29, 0.717) is 31.3 Å². The van der Waals surface area contributed by atoms with Crippen molar-refractivity contribution in [3.63, 3.8) is 0 Å². The summed E-state index contributed by atoms with van der Waals surface area (Å²) in [6.45, 7) is 1.71. The van der Waals surface area contributed by atoms with Gasteiger partial charge in [0.15, 0.2) is 5.76 Å². The highest BCUT2D eigenvalue weighted by Crippen LogP contribution is 2.16. The molecule has 2 heterocycles. The number of likely N-dealkylation sites (tertiary alicyclic amines) is 1. The van der Waals surface area contributed by atoms with Crippen LogP contribution in [0.15, 0.2) is 22.8 Å². The predicted molar refractivity (Wildman–Crippen MR) is 77.9 cm³/mol. The third-order valence-electron chi connectivity index (χ3n) is 3.68. The molecule has 1 fully saturated rings. The van der Waals surface area contributed by atoms with Gasteiger partial charge >= 0.3 is 6.03 Å². The minimum Gasteiger partial charge on any atom is -0.459 e. The lowest BCUT2D eigenvalue weighted by Gasteiger charge is -2.32. The first kappa shape index (κ1) is 15.9. The summed E-state index contributed by atoms with van der Waals surface area (Å²) in [5.74, 6) is 0.253. The maximum absolute atomic E-state index is 11.8. The largest absolute Gasteiger partial charge is 0.459 e. The maximum Gasteiger partial charge on any atom is 0.312 e. The molecule has 1 aromatic heterocycles. The Bertz CT molecular complexity index is 521. The minimum absolute atomic E-state index is 0.0742. The smallest absolute Gasteiger partial charge is 0.312 e. The summed E-state index contributed by atoms with van der Waals surface area (Å²) in [5.41, 5.74) is 4.93. The number of hydrogen-bond donors (Lipinski definition) is 3. The van der Waals surface area contributed by atoms with Gasteiger partial charge in [-0.1, -0.05) is 0 Å². The van der Waals surface area contributed by atoms with Gasteiger partial charge in [0, 0.05) is 19.6 Å². The first-order chi connectivity index (χ1) is 10.6. The average Bonchev–Trinajstić information content (AvgIpc) is 3.05. The van der Waals surface area contributed by atoms with E-state index in [0.717, 1.165) is 12.8 Å². The van der Waals surface area contributed by atoms with Gasteiger partial charge in [-0.05, 0) is 30.9 Å². The van der Waals surface area contributed by atoms with Crippen molar-refractivity contribution >= 4 is 17.8 Å². The second-order valence-corrected chi connectivity index (χ2v) is 5.23. The van der Waals surface area contributed by atoms with Crippen molar-refractivity contribution in [2.45, 2.75) is 12.8 Å². The van der Waals surface area contributed by atoms with E-state index in [1.54, 1.807) is 17.0 Å². The van der Waals surface area contributed by atoms with Crippen LogP contribution in [0.2, 0.25) is 0 Å². The molecule has 8 heteroatoms. The van der Waals surface area contributed by atoms with Gasteiger partial charge in [0.2, 0.25) is 5.91 Å². The average molecular weight is 308 g/mol. The molecule has 0 aromatic carbocycles. The van der Waals surface area contributed by atoms with Gasteiger partial charge in [0.05, 0.1) is 12.8 Å². The topological polar surface area (TPSA) is 118 Å². The van der Waals surface area contributed by atoms with Gasteiger partial charge in [-0.25, -0.2) is 4.79 Å². The van der Waals surface area contributed by atoms with Crippen LogP contribution in [-0.4, -0.2) is 48.9 Å². The summed E-state index contributed by atoms with van der Waals surface area (Å²) in [4.78, 5) is 35.8. The third kappa shape index (κ3) is 4.51. The fourth-order valence-corrected chi connectivity index (χ4v) is 2.39. The zero-order chi connectivity index (χ0) is 15.9. The van der Waals surface area contributed by atoms with Crippen LogP contribution in [0.3, 0.4) is 0 Å². The van der Waals surface area contributed by atoms with Gasteiger partial charge in [-0.2, -0.15) is 0 Å². The molecule has 4 N–H and O–H groups in total. The number of carbonyl (C=O) groups is 3. The normalized spacial score (nSPS) is 15.4. The number of amides is 4. The molecule has 120 valence electrons. The van der Waals surface area contributed by atoms with Gasteiger partial charge in [-0.15, -0.1) is 0 Å². The second kappa shape index (κ2) is 7.48. The molecule has 0 bridgehead atoms. The Morgan fingerprint density at radius 2 is 2.00 bits per heavy atom. The van der Waals surface area contributed by atoms with Gasteiger partial charge in [0.1, 0.15) is 0 Å². The number of piperidine rings is 1. The van der Waals surface area contributed by atoms with Crippen molar-refractivity contribution in [3.05, 3.63) is 24.2 Å². The molecule has 1 saturated heterocycles. The first-order valence-corrected chi connectivity index (χ1v) is 7.19. The van der Waals surface area contributed by atoms with Crippen molar-refractivity contribution in [1.82, 2.24) is 15.5 Å². The number of carbonyl (C=O) groups excluding carboxylic acids is 3. The first-order valence-electron chi connectivity index (χ1n) is 7.19. The number of hydrogen-bond acceptors (Lipinski definition) is 4. The van der Waals surface area contributed by atoms with Crippen LogP contribution in [0.25, 0.3) is 0 Å². The SMILES string of the molecule is NC(=O)NCC(=O)N1CCC(CNC(=O)c2ccco2)CC1. The summed E-state index contributed by atoms with van der Waals surface area (Å²) < 4.78 is 5.02. The summed E-state index contributed by atoms with van der Waals surface area (Å²) in [6, 6.07) is 2.57. The van der Waals surface area contributed by atoms with E-state index >= 15 is 0 Å². The second-order valence-electron chi connectivity index (χ2n) is 5.23. The monoisotopic (exact) mass is 308 g/mol. The van der Waals surface area contributed by atoms with Crippen LogP contribution < -0.4 is 16.4 Å². The highest BCUT2D eigenvalue weighted by molar-refractivity contribution is 5.91. The molecule has 0 radical (unpaired) electrons. The number of nitrogens with two attached hydrogens (primary N) is 1. The summed E-state index contributed by atoms with van der Waals surface area (Å²) in [7, 11) is 0. The van der Waals surface area contributed by atoms with Gasteiger partial charge in [-0.3, -0.25) is 9.59 Å². The Morgan fingerprint density at radius 1 is 1.27 bits per heavy atom. The highest BCUT2D eigenvalue weighted by Gasteiger charge is 2.23. The van der Waals surface area contributed by atoms with E-state index in [-0.39, 0.29) is 18.4 Å². The summed E-state index contributed by atoms with van der Waals surface area (Å²) >= 11 is 0. The van der Waals surface area contributed by atoms with Crippen LogP contribution in [-0.2, 0) is 4.79 Å². The van der Waals surface area contributed by atoms with Crippen molar-refractivity contribution < 1.29 is 18.8 Å². The molecule has 0 atom stereocenters. The van der Waals surface area contributed by atoms with Crippen molar-refractivity contribution in [2.24, 2.45) is 11.7 Å². The maximum atomic E-state index is 11.8. The third-order valence-corrected chi connectivity index (χ3v) is 3.68. The van der Waals surface area contributed by atoms with Crippen molar-refractivity contribution in [1.29, 1.82) is 0 Å². The zero-order valence-electron chi connectivity index (χ0n) is 12.2. The van der Waals surface area contributed by atoms with Crippen molar-refractivity contribution in [3.8, 4) is 0 Å². The fraction of sp³-hybridized carbons (Fsp3) is 0.500. The Kier molecular flexibility index (Phi) is 5.40. The van der Waals surface area contributed by atoms with Crippen LogP contribution in [0.1, 0.15) is 23.4 Å². The standard InChI is InChI=1S/C14H20N4O4/c15-14(21)17-9-12(19)18-5-3-10(4-6-18)8-16-13(20)11-2-1-7-22-11/h1-2,7,10H,3-6,8-9H2,(H,16,20)(H3,15,17,21). The lowest BCUT2D eigenvalue weighted by atomic mass is 9.96. The van der Waals surface area contributed by atoms with E-state index in [1.165, 1.54) is 6.26 Å². The minimum atomic E-state index is -0.705. The quantitative estimate of drug-likeness (QED) is 0.705. The Labute approximate surface area is 128 Å². The van der Waals surface area contributed by atoms with Gasteiger partial charge < -0.3 is 25.7 Å². The number of nitrogens with zero attached hydrogens (tertiary/aromatic N) is 1. The molecule has 0 unspecified atom stereocenters.